The second-order valence-electron chi connectivity index (χ2n) is 3.49. The molecule has 12 heavy (non-hydrogen) atoms. The summed E-state index contributed by atoms with van der Waals surface area (Å²) in [5.74, 6) is 0. The third kappa shape index (κ3) is 4.87. The Labute approximate surface area is 78.3 Å². The quantitative estimate of drug-likeness (QED) is 0.575. The zero-order valence-corrected chi connectivity index (χ0v) is 10.2. The van der Waals surface area contributed by atoms with E-state index in [2.05, 4.69) is 35.8 Å². The summed E-state index contributed by atoms with van der Waals surface area (Å²) in [6.07, 6.45) is 0. The van der Waals surface area contributed by atoms with Crippen LogP contribution in [0.5, 0.6) is 0 Å². The van der Waals surface area contributed by atoms with Crippen LogP contribution in [-0.2, 0) is 0 Å². The number of nitrogens with zero attached hydrogens (tertiary/aromatic N) is 1. The van der Waals surface area contributed by atoms with Crippen LogP contribution in [-0.4, -0.2) is 47.7 Å². The highest BCUT2D eigenvalue weighted by Crippen LogP contribution is 1.96. The van der Waals surface area contributed by atoms with Gasteiger partial charge in [-0.2, -0.15) is 0 Å². The Hall–Kier alpha value is 0.0969. The van der Waals surface area contributed by atoms with Crippen molar-refractivity contribution in [3.63, 3.8) is 0 Å². The van der Waals surface area contributed by atoms with Crippen molar-refractivity contribution in [1.82, 2.24) is 14.9 Å². The van der Waals surface area contributed by atoms with E-state index < -0.39 is 9.12 Å². The van der Waals surface area contributed by atoms with Gasteiger partial charge in [-0.15, -0.1) is 0 Å². The highest BCUT2D eigenvalue weighted by molar-refractivity contribution is 6.53. The largest absolute Gasteiger partial charge is 0.331 e. The van der Waals surface area contributed by atoms with E-state index in [4.69, 9.17) is 0 Å². The van der Waals surface area contributed by atoms with Crippen LogP contribution in [0, 0.1) is 0 Å². The Bertz CT molecular complexity index is 102. The van der Waals surface area contributed by atoms with E-state index in [1.807, 2.05) is 14.1 Å². The van der Waals surface area contributed by atoms with Crippen LogP contribution in [0.15, 0.2) is 0 Å². The van der Waals surface area contributed by atoms with Crippen LogP contribution in [0.4, 0.5) is 0 Å². The first-order valence-corrected chi connectivity index (χ1v) is 6.63. The van der Waals surface area contributed by atoms with Gasteiger partial charge in [0.25, 0.3) is 0 Å². The lowest BCUT2D eigenvalue weighted by Gasteiger charge is -2.23. The van der Waals surface area contributed by atoms with Gasteiger partial charge in [-0.1, -0.05) is 0 Å². The molecule has 0 aromatic rings. The van der Waals surface area contributed by atoms with Gasteiger partial charge >= 0.3 is 0 Å². The minimum atomic E-state index is -0.831. The summed E-state index contributed by atoms with van der Waals surface area (Å²) in [4.78, 5) is 9.08. The van der Waals surface area contributed by atoms with Gasteiger partial charge in [-0.05, 0) is 47.6 Å². The zero-order valence-electron chi connectivity index (χ0n) is 9.02. The average Bonchev–Trinajstić information content (AvgIpc) is 2.05. The van der Waals surface area contributed by atoms with Crippen molar-refractivity contribution in [3.05, 3.63) is 0 Å². The van der Waals surface area contributed by atoms with Gasteiger partial charge in [0.1, 0.15) is 0 Å². The standard InChI is InChI=1S/C8H23N3Si/c1-8(2)11(5)6-7-12(9-3)10-4/h8-10,12H,6-7H2,1-5H3. The van der Waals surface area contributed by atoms with Crippen LogP contribution in [0.1, 0.15) is 13.8 Å². The summed E-state index contributed by atoms with van der Waals surface area (Å²) in [6, 6.07) is 1.94. The van der Waals surface area contributed by atoms with Gasteiger partial charge < -0.3 is 14.9 Å². The molecule has 0 saturated heterocycles. The van der Waals surface area contributed by atoms with Crippen molar-refractivity contribution >= 4 is 9.12 Å². The van der Waals surface area contributed by atoms with Crippen molar-refractivity contribution in [2.75, 3.05) is 27.7 Å². The van der Waals surface area contributed by atoms with E-state index in [0.29, 0.717) is 6.04 Å². The highest BCUT2D eigenvalue weighted by Gasteiger charge is 2.08. The summed E-state index contributed by atoms with van der Waals surface area (Å²) < 4.78 is 0. The SMILES string of the molecule is CN[SiH](CCN(C)C(C)C)NC. The maximum absolute atomic E-state index is 3.35. The van der Waals surface area contributed by atoms with E-state index in [1.165, 1.54) is 12.6 Å². The highest BCUT2D eigenvalue weighted by atomic mass is 28.3. The van der Waals surface area contributed by atoms with Crippen molar-refractivity contribution in [1.29, 1.82) is 0 Å². The Balaban J connectivity index is 3.51. The first kappa shape index (κ1) is 12.1. The molecule has 0 amide bonds. The Morgan fingerprint density at radius 3 is 2.08 bits per heavy atom. The molecule has 0 spiro atoms. The fraction of sp³-hybridized carbons (Fsp3) is 1.00. The number of hydrogen-bond acceptors (Lipinski definition) is 3. The van der Waals surface area contributed by atoms with E-state index >= 15 is 0 Å². The number of nitrogens with one attached hydrogen (secondary N) is 2. The van der Waals surface area contributed by atoms with Crippen LogP contribution < -0.4 is 9.96 Å². The minimum Gasteiger partial charge on any atom is -0.331 e. The second kappa shape index (κ2) is 6.60. The Morgan fingerprint density at radius 1 is 1.25 bits per heavy atom. The molecular weight excluding hydrogens is 166 g/mol. The van der Waals surface area contributed by atoms with Crippen molar-refractivity contribution in [3.8, 4) is 0 Å². The minimum absolute atomic E-state index is 0.661. The average molecular weight is 189 g/mol. The third-order valence-electron chi connectivity index (χ3n) is 2.35. The summed E-state index contributed by atoms with van der Waals surface area (Å²) in [7, 11) is 5.44. The molecule has 74 valence electrons. The van der Waals surface area contributed by atoms with Crippen molar-refractivity contribution < 1.29 is 0 Å². The molecule has 0 aromatic carbocycles. The molecule has 0 radical (unpaired) electrons. The van der Waals surface area contributed by atoms with Gasteiger partial charge in [-0.3, -0.25) is 0 Å². The molecule has 0 saturated carbocycles. The van der Waals surface area contributed by atoms with Crippen molar-refractivity contribution in [2.24, 2.45) is 0 Å². The predicted molar refractivity (Wildman–Crippen MR) is 57.8 cm³/mol. The lowest BCUT2D eigenvalue weighted by atomic mass is 10.3. The van der Waals surface area contributed by atoms with E-state index in [-0.39, 0.29) is 0 Å². The zero-order chi connectivity index (χ0) is 9.56. The predicted octanol–water partition coefficient (Wildman–Crippen LogP) is -0.0141. The van der Waals surface area contributed by atoms with E-state index in [1.54, 1.807) is 0 Å². The van der Waals surface area contributed by atoms with Gasteiger partial charge in [0, 0.05) is 6.04 Å². The second-order valence-corrected chi connectivity index (χ2v) is 6.33. The first-order chi connectivity index (χ1) is 5.61. The summed E-state index contributed by atoms with van der Waals surface area (Å²) in [5, 5.41) is 0. The number of rotatable bonds is 6. The molecule has 0 fully saturated rings. The Kier molecular flexibility index (Phi) is 6.65. The normalized spacial score (nSPS) is 12.0. The fourth-order valence-corrected chi connectivity index (χ4v) is 2.56. The third-order valence-corrected chi connectivity index (χ3v) is 4.58. The van der Waals surface area contributed by atoms with E-state index in [9.17, 15) is 0 Å². The smallest absolute Gasteiger partial charge is 0.185 e. The summed E-state index contributed by atoms with van der Waals surface area (Å²) in [5.41, 5.74) is 0. The van der Waals surface area contributed by atoms with Crippen LogP contribution in [0.3, 0.4) is 0 Å². The molecule has 0 bridgehead atoms. The van der Waals surface area contributed by atoms with Gasteiger partial charge in [0.05, 0.1) is 0 Å². The van der Waals surface area contributed by atoms with Crippen LogP contribution >= 0.6 is 0 Å². The lowest BCUT2D eigenvalue weighted by molar-refractivity contribution is 0.287. The van der Waals surface area contributed by atoms with Gasteiger partial charge in [0.2, 0.25) is 0 Å². The van der Waals surface area contributed by atoms with E-state index in [0.717, 1.165) is 0 Å². The molecule has 0 aliphatic carbocycles. The molecule has 0 rings (SSSR count). The Morgan fingerprint density at radius 2 is 1.75 bits per heavy atom. The summed E-state index contributed by atoms with van der Waals surface area (Å²) >= 11 is 0. The molecule has 0 aromatic heterocycles. The lowest BCUT2D eigenvalue weighted by Crippen LogP contribution is -2.45. The van der Waals surface area contributed by atoms with Gasteiger partial charge in [0.15, 0.2) is 9.12 Å². The fourth-order valence-electron chi connectivity index (χ4n) is 1.02. The monoisotopic (exact) mass is 189 g/mol. The molecule has 0 unspecified atom stereocenters. The van der Waals surface area contributed by atoms with Crippen LogP contribution in [0.25, 0.3) is 0 Å². The first-order valence-electron chi connectivity index (χ1n) is 4.66. The van der Waals surface area contributed by atoms with Gasteiger partial charge in [-0.25, -0.2) is 0 Å². The number of hydrogen-bond donors (Lipinski definition) is 2. The summed E-state index contributed by atoms with van der Waals surface area (Å²) in [6.45, 7) is 5.65. The molecule has 4 heteroatoms. The van der Waals surface area contributed by atoms with Crippen LogP contribution in [0.2, 0.25) is 6.04 Å². The topological polar surface area (TPSA) is 27.3 Å². The molecular formula is C8H23N3Si. The molecule has 3 nitrogen and oxygen atoms in total. The molecule has 0 atom stereocenters. The molecule has 0 aliphatic rings. The maximum atomic E-state index is 3.35. The molecule has 2 N–H and O–H groups in total. The van der Waals surface area contributed by atoms with Crippen molar-refractivity contribution in [2.45, 2.75) is 25.9 Å². The maximum Gasteiger partial charge on any atom is 0.185 e. The molecule has 0 aliphatic heterocycles. The molecule has 0 heterocycles.